The van der Waals surface area contributed by atoms with Gasteiger partial charge in [0.15, 0.2) is 5.78 Å². The Morgan fingerprint density at radius 3 is 2.71 bits per heavy atom. The predicted octanol–water partition coefficient (Wildman–Crippen LogP) is 5.71. The molecule has 0 fully saturated rings. The summed E-state index contributed by atoms with van der Waals surface area (Å²) in [6.07, 6.45) is 5.97. The number of carbonyl (C=O) groups is 2. The van der Waals surface area contributed by atoms with E-state index in [4.69, 9.17) is 33.0 Å². The van der Waals surface area contributed by atoms with Gasteiger partial charge in [-0.15, -0.1) is 0 Å². The molecule has 4 rings (SSSR count). The second kappa shape index (κ2) is 9.68. The number of ether oxygens (including phenoxy) is 1. The number of carboxylic acid groups (broad SMARTS) is 1. The Morgan fingerprint density at radius 2 is 2.00 bits per heavy atom. The van der Waals surface area contributed by atoms with Crippen LogP contribution in [0.5, 0.6) is 5.75 Å². The molecule has 0 aliphatic heterocycles. The molecular formula is C24H23Cl2NaO4. The van der Waals surface area contributed by atoms with E-state index in [0.717, 1.165) is 47.9 Å². The first-order valence-electron chi connectivity index (χ1n) is 10.1. The van der Waals surface area contributed by atoms with Crippen molar-refractivity contribution in [3.8, 4) is 5.75 Å². The molecule has 0 saturated carbocycles. The number of halogens is 2. The molecule has 7 heteroatoms. The first kappa shape index (κ1) is 24.3. The normalized spacial score (nSPS) is 19.2. The molecule has 1 unspecified atom stereocenters. The van der Waals surface area contributed by atoms with Gasteiger partial charge in [-0.2, -0.15) is 0 Å². The first-order valence-corrected chi connectivity index (χ1v) is 10.8. The van der Waals surface area contributed by atoms with Gasteiger partial charge in [-0.25, -0.2) is 4.79 Å². The van der Waals surface area contributed by atoms with Gasteiger partial charge in [0.25, 0.3) is 0 Å². The Kier molecular flexibility index (Phi) is 7.60. The summed E-state index contributed by atoms with van der Waals surface area (Å²) < 4.78 is 5.94. The Hall–Kier alpha value is -1.30. The quantitative estimate of drug-likeness (QED) is 0.551. The topological polar surface area (TPSA) is 63.6 Å². The molecule has 2 aliphatic carbocycles. The zero-order chi connectivity index (χ0) is 21.5. The molecule has 31 heavy (non-hydrogen) atoms. The molecule has 158 valence electrons. The Labute approximate surface area is 213 Å². The van der Waals surface area contributed by atoms with E-state index in [1.54, 1.807) is 24.3 Å². The number of hydrogen-bond acceptors (Lipinski definition) is 3. The van der Waals surface area contributed by atoms with Crippen molar-refractivity contribution in [3.63, 3.8) is 0 Å². The van der Waals surface area contributed by atoms with E-state index in [0.29, 0.717) is 22.2 Å². The van der Waals surface area contributed by atoms with Crippen LogP contribution in [0.15, 0.2) is 36.4 Å². The van der Waals surface area contributed by atoms with Crippen LogP contribution in [0.25, 0.3) is 5.57 Å². The van der Waals surface area contributed by atoms with Crippen LogP contribution >= 0.6 is 23.2 Å². The first-order chi connectivity index (χ1) is 14.3. The van der Waals surface area contributed by atoms with Crippen LogP contribution in [0.3, 0.4) is 0 Å². The summed E-state index contributed by atoms with van der Waals surface area (Å²) in [4.78, 5) is 23.3. The monoisotopic (exact) mass is 468 g/mol. The van der Waals surface area contributed by atoms with Gasteiger partial charge in [0, 0.05) is 17.4 Å². The summed E-state index contributed by atoms with van der Waals surface area (Å²) in [5.74, 6) is -0.379. The summed E-state index contributed by atoms with van der Waals surface area (Å²) >= 11 is 13.2. The van der Waals surface area contributed by atoms with Gasteiger partial charge in [-0.05, 0) is 60.2 Å². The fourth-order valence-electron chi connectivity index (χ4n) is 4.74. The minimum atomic E-state index is -0.984. The molecule has 0 spiro atoms. The maximum absolute atomic E-state index is 12.1. The zero-order valence-electron chi connectivity index (χ0n) is 16.6. The van der Waals surface area contributed by atoms with Gasteiger partial charge >= 0.3 is 35.5 Å². The molecule has 0 saturated heterocycles. The number of carbonyl (C=O) groups excluding carboxylic acids is 1. The number of ketones is 1. The summed E-state index contributed by atoms with van der Waals surface area (Å²) in [7, 11) is 0. The second-order valence-electron chi connectivity index (χ2n) is 8.06. The number of fused-ring (bicyclic) bond motifs is 3. The van der Waals surface area contributed by atoms with Crippen LogP contribution in [-0.2, 0) is 17.8 Å². The van der Waals surface area contributed by atoms with Gasteiger partial charge in [0.05, 0.1) is 10.6 Å². The van der Waals surface area contributed by atoms with E-state index in [-0.39, 0.29) is 52.9 Å². The van der Waals surface area contributed by atoms with Crippen molar-refractivity contribution in [2.24, 2.45) is 5.41 Å². The molecule has 1 N–H and O–H groups in total. The zero-order valence-corrected chi connectivity index (χ0v) is 18.1. The SMILES string of the molecule is CCCC12CCC(=O)C=C1c1c(cc(OCc3cccc(C(=O)O)c3)c(Cl)c1Cl)C2.[NaH]. The third-order valence-corrected chi connectivity index (χ3v) is 6.93. The van der Waals surface area contributed by atoms with Crippen molar-refractivity contribution < 1.29 is 19.4 Å². The van der Waals surface area contributed by atoms with E-state index in [1.165, 1.54) is 6.07 Å². The summed E-state index contributed by atoms with van der Waals surface area (Å²) in [5, 5.41) is 9.89. The molecule has 0 amide bonds. The minimum absolute atomic E-state index is 0. The van der Waals surface area contributed by atoms with Gasteiger partial charge < -0.3 is 9.84 Å². The van der Waals surface area contributed by atoms with Crippen molar-refractivity contribution in [3.05, 3.63) is 68.7 Å². The van der Waals surface area contributed by atoms with Crippen molar-refractivity contribution >= 4 is 70.1 Å². The maximum atomic E-state index is 12.1. The van der Waals surface area contributed by atoms with E-state index in [2.05, 4.69) is 6.92 Å². The number of carboxylic acids is 1. The van der Waals surface area contributed by atoms with Crippen LogP contribution in [-0.4, -0.2) is 46.4 Å². The average Bonchev–Trinajstić information content (AvgIpc) is 3.03. The number of benzene rings is 2. The van der Waals surface area contributed by atoms with E-state index < -0.39 is 5.97 Å². The summed E-state index contributed by atoms with van der Waals surface area (Å²) in [6, 6.07) is 8.52. The van der Waals surface area contributed by atoms with Crippen LogP contribution in [0.4, 0.5) is 0 Å². The van der Waals surface area contributed by atoms with Gasteiger partial charge in [-0.3, -0.25) is 4.79 Å². The third-order valence-electron chi connectivity index (χ3n) is 6.08. The molecule has 2 aliphatic rings. The van der Waals surface area contributed by atoms with Crippen LogP contribution in [0.1, 0.15) is 59.7 Å². The summed E-state index contributed by atoms with van der Waals surface area (Å²) in [6.45, 7) is 2.33. The Balaban J connectivity index is 0.00000272. The van der Waals surface area contributed by atoms with Crippen LogP contribution in [0.2, 0.25) is 10.0 Å². The number of rotatable bonds is 6. The number of allylic oxidation sites excluding steroid dienone is 2. The molecular weight excluding hydrogens is 446 g/mol. The van der Waals surface area contributed by atoms with E-state index in [9.17, 15) is 9.59 Å². The fraction of sp³-hybridized carbons (Fsp3) is 0.333. The second-order valence-corrected chi connectivity index (χ2v) is 8.82. The molecule has 2 aromatic rings. The molecule has 2 aromatic carbocycles. The number of aromatic carboxylic acids is 1. The van der Waals surface area contributed by atoms with Crippen LogP contribution in [0, 0.1) is 5.41 Å². The summed E-state index contributed by atoms with van der Waals surface area (Å²) in [5.41, 5.74) is 3.81. The van der Waals surface area contributed by atoms with E-state index in [1.807, 2.05) is 6.07 Å². The molecule has 0 bridgehead atoms. The Morgan fingerprint density at radius 1 is 1.23 bits per heavy atom. The fourth-order valence-corrected chi connectivity index (χ4v) is 5.26. The van der Waals surface area contributed by atoms with Crippen molar-refractivity contribution in [1.29, 1.82) is 0 Å². The van der Waals surface area contributed by atoms with Crippen molar-refractivity contribution in [1.82, 2.24) is 0 Å². The molecule has 0 radical (unpaired) electrons. The van der Waals surface area contributed by atoms with Gasteiger partial charge in [-0.1, -0.05) is 48.7 Å². The molecule has 0 heterocycles. The third kappa shape index (κ3) is 4.60. The number of hydrogen-bond donors (Lipinski definition) is 1. The average molecular weight is 469 g/mol. The van der Waals surface area contributed by atoms with Gasteiger partial charge in [0.1, 0.15) is 17.4 Å². The Bertz CT molecular complexity index is 1080. The molecule has 4 nitrogen and oxygen atoms in total. The predicted molar refractivity (Wildman–Crippen MR) is 125 cm³/mol. The molecule has 0 aromatic heterocycles. The van der Waals surface area contributed by atoms with Crippen molar-refractivity contribution in [2.45, 2.75) is 45.6 Å². The molecule has 1 atom stereocenters. The standard InChI is InChI=1S/C24H22Cl2O4.Na.H/c1-2-7-24-8-6-17(27)11-18(24)20-16(12-24)10-19(21(25)22(20)26)30-13-14-4-3-5-15(9-14)23(28)29;;/h3-5,9-11H,2,6-8,12-13H2,1H3,(H,28,29);;. The van der Waals surface area contributed by atoms with Gasteiger partial charge in [0.2, 0.25) is 0 Å². The van der Waals surface area contributed by atoms with E-state index >= 15 is 0 Å². The van der Waals surface area contributed by atoms with Crippen LogP contribution < -0.4 is 4.74 Å². The van der Waals surface area contributed by atoms with Crippen molar-refractivity contribution in [2.75, 3.05) is 0 Å².